The predicted octanol–water partition coefficient (Wildman–Crippen LogP) is 3.51. The van der Waals surface area contributed by atoms with Crippen LogP contribution >= 0.6 is 0 Å². The summed E-state index contributed by atoms with van der Waals surface area (Å²) in [6, 6.07) is 1.22. The van der Waals surface area contributed by atoms with Gasteiger partial charge in [0.15, 0.2) is 0 Å². The van der Waals surface area contributed by atoms with Crippen molar-refractivity contribution in [1.82, 2.24) is 5.32 Å². The Morgan fingerprint density at radius 1 is 1.36 bits per heavy atom. The van der Waals surface area contributed by atoms with Crippen LogP contribution in [0.15, 0.2) is 12.7 Å². The molecule has 0 saturated heterocycles. The lowest BCUT2D eigenvalue weighted by atomic mass is 9.83. The van der Waals surface area contributed by atoms with Crippen LogP contribution in [0.25, 0.3) is 0 Å². The Bertz CT molecular complexity index is 157. The summed E-state index contributed by atoms with van der Waals surface area (Å²) in [6.07, 6.45) is 10.4. The molecule has 0 aliphatic heterocycles. The molecule has 1 aliphatic carbocycles. The van der Waals surface area contributed by atoms with Crippen LogP contribution in [0.5, 0.6) is 0 Å². The highest BCUT2D eigenvalue weighted by atomic mass is 14.9. The number of hydrogen-bond acceptors (Lipinski definition) is 1. The molecule has 0 amide bonds. The van der Waals surface area contributed by atoms with Gasteiger partial charge in [0.1, 0.15) is 0 Å². The maximum absolute atomic E-state index is 3.81. The van der Waals surface area contributed by atoms with E-state index in [1.807, 2.05) is 6.08 Å². The number of rotatable bonds is 5. The van der Waals surface area contributed by atoms with Crippen molar-refractivity contribution in [3.8, 4) is 0 Å². The molecule has 1 rings (SSSR count). The third-order valence-corrected chi connectivity index (χ3v) is 3.40. The standard InChI is InChI=1S/C13H25N/c1-4-6-12-7-9-13(10-8-12)14-11(3)5-2/h5,11-14H,2,4,6-10H2,1,3H3. The lowest BCUT2D eigenvalue weighted by molar-refractivity contribution is 0.273. The summed E-state index contributed by atoms with van der Waals surface area (Å²) >= 11 is 0. The van der Waals surface area contributed by atoms with Gasteiger partial charge in [-0.2, -0.15) is 0 Å². The molecule has 1 heteroatoms. The molecule has 0 radical (unpaired) electrons. The molecule has 1 unspecified atom stereocenters. The molecular formula is C13H25N. The molecule has 0 bridgehead atoms. The van der Waals surface area contributed by atoms with E-state index >= 15 is 0 Å². The van der Waals surface area contributed by atoms with Crippen LogP contribution in [-0.4, -0.2) is 12.1 Å². The Labute approximate surface area is 89.0 Å². The van der Waals surface area contributed by atoms with E-state index in [9.17, 15) is 0 Å². The Morgan fingerprint density at radius 2 is 2.00 bits per heavy atom. The van der Waals surface area contributed by atoms with Crippen molar-refractivity contribution in [1.29, 1.82) is 0 Å². The molecule has 82 valence electrons. The average Bonchev–Trinajstić information content (AvgIpc) is 2.21. The normalized spacial score (nSPS) is 29.9. The zero-order valence-corrected chi connectivity index (χ0v) is 9.76. The first kappa shape index (κ1) is 11.8. The van der Waals surface area contributed by atoms with Crippen molar-refractivity contribution in [2.24, 2.45) is 5.92 Å². The molecule has 1 nitrogen and oxygen atoms in total. The van der Waals surface area contributed by atoms with Crippen molar-refractivity contribution in [2.75, 3.05) is 0 Å². The molecule has 0 heterocycles. The van der Waals surface area contributed by atoms with Crippen LogP contribution in [0, 0.1) is 5.92 Å². The van der Waals surface area contributed by atoms with E-state index in [-0.39, 0.29) is 0 Å². The topological polar surface area (TPSA) is 12.0 Å². The van der Waals surface area contributed by atoms with Gasteiger partial charge >= 0.3 is 0 Å². The minimum Gasteiger partial charge on any atom is -0.308 e. The Balaban J connectivity index is 2.18. The van der Waals surface area contributed by atoms with Gasteiger partial charge in [-0.3, -0.25) is 0 Å². The minimum atomic E-state index is 0.475. The largest absolute Gasteiger partial charge is 0.308 e. The predicted molar refractivity (Wildman–Crippen MR) is 63.4 cm³/mol. The Kier molecular flexibility index (Phi) is 5.24. The summed E-state index contributed by atoms with van der Waals surface area (Å²) in [6.45, 7) is 8.29. The van der Waals surface area contributed by atoms with Crippen LogP contribution in [0.2, 0.25) is 0 Å². The monoisotopic (exact) mass is 195 g/mol. The first-order chi connectivity index (χ1) is 6.76. The maximum atomic E-state index is 3.81. The van der Waals surface area contributed by atoms with Crippen LogP contribution in [0.1, 0.15) is 52.4 Å². The minimum absolute atomic E-state index is 0.475. The van der Waals surface area contributed by atoms with E-state index in [1.165, 1.54) is 38.5 Å². The van der Waals surface area contributed by atoms with Gasteiger partial charge in [0, 0.05) is 12.1 Å². The summed E-state index contributed by atoms with van der Waals surface area (Å²) < 4.78 is 0. The van der Waals surface area contributed by atoms with E-state index in [0.29, 0.717) is 6.04 Å². The summed E-state index contributed by atoms with van der Waals surface area (Å²) in [5, 5.41) is 3.61. The summed E-state index contributed by atoms with van der Waals surface area (Å²) in [4.78, 5) is 0. The van der Waals surface area contributed by atoms with Crippen LogP contribution in [0.3, 0.4) is 0 Å². The number of nitrogens with one attached hydrogen (secondary N) is 1. The third-order valence-electron chi connectivity index (χ3n) is 3.40. The second kappa shape index (κ2) is 6.23. The van der Waals surface area contributed by atoms with Gasteiger partial charge in [0.2, 0.25) is 0 Å². The van der Waals surface area contributed by atoms with Crippen molar-refractivity contribution in [2.45, 2.75) is 64.5 Å². The zero-order valence-electron chi connectivity index (χ0n) is 9.76. The van der Waals surface area contributed by atoms with Crippen LogP contribution in [-0.2, 0) is 0 Å². The SMILES string of the molecule is C=CC(C)NC1CCC(CCC)CC1. The van der Waals surface area contributed by atoms with E-state index < -0.39 is 0 Å². The highest BCUT2D eigenvalue weighted by molar-refractivity contribution is 4.86. The highest BCUT2D eigenvalue weighted by Crippen LogP contribution is 2.27. The van der Waals surface area contributed by atoms with Gasteiger partial charge < -0.3 is 5.32 Å². The van der Waals surface area contributed by atoms with Crippen LogP contribution in [0.4, 0.5) is 0 Å². The van der Waals surface area contributed by atoms with Crippen LogP contribution < -0.4 is 5.32 Å². The molecule has 1 fully saturated rings. The number of hydrogen-bond donors (Lipinski definition) is 1. The molecule has 1 atom stereocenters. The maximum Gasteiger partial charge on any atom is 0.0221 e. The molecule has 0 aromatic carbocycles. The van der Waals surface area contributed by atoms with E-state index in [1.54, 1.807) is 0 Å². The van der Waals surface area contributed by atoms with Gasteiger partial charge in [-0.15, -0.1) is 6.58 Å². The average molecular weight is 195 g/mol. The Morgan fingerprint density at radius 3 is 2.50 bits per heavy atom. The van der Waals surface area contributed by atoms with E-state index in [0.717, 1.165) is 12.0 Å². The lowest BCUT2D eigenvalue weighted by Crippen LogP contribution is -2.38. The second-order valence-electron chi connectivity index (χ2n) is 4.70. The fraction of sp³-hybridized carbons (Fsp3) is 0.846. The van der Waals surface area contributed by atoms with Gasteiger partial charge in [-0.25, -0.2) is 0 Å². The molecule has 1 aliphatic rings. The molecule has 1 N–H and O–H groups in total. The Hall–Kier alpha value is -0.300. The van der Waals surface area contributed by atoms with Gasteiger partial charge in [-0.05, 0) is 38.5 Å². The quantitative estimate of drug-likeness (QED) is 0.662. The molecule has 1 saturated carbocycles. The highest BCUT2D eigenvalue weighted by Gasteiger charge is 2.20. The fourth-order valence-electron chi connectivity index (χ4n) is 2.47. The summed E-state index contributed by atoms with van der Waals surface area (Å²) in [7, 11) is 0. The van der Waals surface area contributed by atoms with Crippen molar-refractivity contribution in [3.63, 3.8) is 0 Å². The second-order valence-corrected chi connectivity index (χ2v) is 4.70. The smallest absolute Gasteiger partial charge is 0.0221 e. The summed E-state index contributed by atoms with van der Waals surface area (Å²) in [5.74, 6) is 1.01. The fourth-order valence-corrected chi connectivity index (χ4v) is 2.47. The van der Waals surface area contributed by atoms with E-state index in [4.69, 9.17) is 0 Å². The lowest BCUT2D eigenvalue weighted by Gasteiger charge is -2.30. The first-order valence-corrected chi connectivity index (χ1v) is 6.14. The zero-order chi connectivity index (χ0) is 10.4. The van der Waals surface area contributed by atoms with Crippen molar-refractivity contribution in [3.05, 3.63) is 12.7 Å². The molecule has 14 heavy (non-hydrogen) atoms. The van der Waals surface area contributed by atoms with Gasteiger partial charge in [0.05, 0.1) is 0 Å². The molecule has 0 aromatic rings. The molecule has 0 spiro atoms. The van der Waals surface area contributed by atoms with Gasteiger partial charge in [0.25, 0.3) is 0 Å². The summed E-state index contributed by atoms with van der Waals surface area (Å²) in [5.41, 5.74) is 0. The first-order valence-electron chi connectivity index (χ1n) is 6.14. The van der Waals surface area contributed by atoms with E-state index in [2.05, 4.69) is 25.7 Å². The van der Waals surface area contributed by atoms with Gasteiger partial charge in [-0.1, -0.05) is 25.8 Å². The molecule has 0 aromatic heterocycles. The van der Waals surface area contributed by atoms with Crippen molar-refractivity contribution < 1.29 is 0 Å². The molecular weight excluding hydrogens is 170 g/mol. The third kappa shape index (κ3) is 3.83. The van der Waals surface area contributed by atoms with Crippen molar-refractivity contribution >= 4 is 0 Å².